The zero-order valence-electron chi connectivity index (χ0n) is 12.5. The van der Waals surface area contributed by atoms with E-state index in [1.165, 1.54) is 36.4 Å². The van der Waals surface area contributed by atoms with Crippen LogP contribution in [0.4, 0.5) is 0 Å². The maximum Gasteiger partial charge on any atom is 0.354 e. The molecule has 0 aromatic carbocycles. The minimum absolute atomic E-state index is 0. The predicted molar refractivity (Wildman–Crippen MR) is 76.3 cm³/mol. The van der Waals surface area contributed by atoms with Gasteiger partial charge in [-0.05, 0) is 24.3 Å². The Hall–Kier alpha value is -3.20. The number of aromatic carboxylic acids is 4. The summed E-state index contributed by atoms with van der Waals surface area (Å²) < 4.78 is 0. The smallest absolute Gasteiger partial charge is 0.354 e. The fraction of sp³-hybridized carbons (Fsp3) is 0. The number of hydrogen-bond acceptors (Lipinski definition) is 6. The first-order valence-electron chi connectivity index (χ1n) is 6.09. The van der Waals surface area contributed by atoms with Crippen LogP contribution in [-0.4, -0.2) is 54.3 Å². The molecule has 2 aromatic heterocycles. The molecular weight excluding hydrogens is 390 g/mol. The van der Waals surface area contributed by atoms with Crippen LogP contribution in [0.3, 0.4) is 0 Å². The molecule has 2 aromatic rings. The number of carbonyl (C=O) groups is 4. The van der Waals surface area contributed by atoms with Gasteiger partial charge in [-0.15, -0.1) is 0 Å². The number of aromatic nitrogens is 2. The third-order valence-corrected chi connectivity index (χ3v) is 2.37. The molecule has 11 heteroatoms. The van der Waals surface area contributed by atoms with Gasteiger partial charge in [0, 0.05) is 19.5 Å². The molecular formula is C14H10N2O8Zn. The Morgan fingerprint density at radius 3 is 0.920 bits per heavy atom. The van der Waals surface area contributed by atoms with E-state index in [4.69, 9.17) is 20.4 Å². The molecule has 10 nitrogen and oxygen atoms in total. The summed E-state index contributed by atoms with van der Waals surface area (Å²) in [5.41, 5.74) is -1.07. The molecule has 0 saturated carbocycles. The molecule has 0 atom stereocenters. The zero-order valence-corrected chi connectivity index (χ0v) is 15.5. The van der Waals surface area contributed by atoms with Gasteiger partial charge in [-0.1, -0.05) is 12.1 Å². The van der Waals surface area contributed by atoms with E-state index in [-0.39, 0.29) is 42.3 Å². The minimum Gasteiger partial charge on any atom is -0.477 e. The molecule has 126 valence electrons. The van der Waals surface area contributed by atoms with Gasteiger partial charge in [-0.25, -0.2) is 29.1 Å². The number of hydrogen-bond donors (Lipinski definition) is 4. The average molecular weight is 400 g/mol. The summed E-state index contributed by atoms with van der Waals surface area (Å²) in [4.78, 5) is 48.0. The first-order chi connectivity index (χ1) is 11.2. The number of carboxylic acids is 4. The number of nitrogens with zero attached hydrogens (tertiary/aromatic N) is 2. The van der Waals surface area contributed by atoms with Crippen molar-refractivity contribution < 1.29 is 59.1 Å². The normalized spacial score (nSPS) is 8.96. The SMILES string of the molecule is O=C(O)c1cccc(C(=O)O)n1.O=C(O)c1cccc(C(=O)O)n1.[Zn]. The molecule has 2 rings (SSSR count). The number of carboxylic acid groups (broad SMARTS) is 4. The molecule has 25 heavy (non-hydrogen) atoms. The monoisotopic (exact) mass is 398 g/mol. The quantitative estimate of drug-likeness (QED) is 0.541. The van der Waals surface area contributed by atoms with E-state index in [0.717, 1.165) is 0 Å². The van der Waals surface area contributed by atoms with Crippen molar-refractivity contribution in [2.45, 2.75) is 0 Å². The summed E-state index contributed by atoms with van der Waals surface area (Å²) >= 11 is 0. The second kappa shape index (κ2) is 9.83. The Labute approximate surface area is 152 Å². The van der Waals surface area contributed by atoms with Crippen molar-refractivity contribution in [1.29, 1.82) is 0 Å². The maximum atomic E-state index is 10.3. The first kappa shape index (κ1) is 21.8. The summed E-state index contributed by atoms with van der Waals surface area (Å²) in [6.45, 7) is 0. The maximum absolute atomic E-state index is 10.3. The third-order valence-electron chi connectivity index (χ3n) is 2.37. The van der Waals surface area contributed by atoms with E-state index in [1.54, 1.807) is 0 Å². The van der Waals surface area contributed by atoms with E-state index in [2.05, 4.69) is 9.97 Å². The number of rotatable bonds is 4. The Morgan fingerprint density at radius 1 is 0.560 bits per heavy atom. The van der Waals surface area contributed by atoms with Crippen molar-refractivity contribution >= 4 is 23.9 Å². The average Bonchev–Trinajstić information content (AvgIpc) is 2.55. The van der Waals surface area contributed by atoms with E-state index in [1.807, 2.05) is 0 Å². The van der Waals surface area contributed by atoms with Crippen molar-refractivity contribution in [3.63, 3.8) is 0 Å². The van der Waals surface area contributed by atoms with Crippen LogP contribution in [-0.2, 0) is 19.5 Å². The van der Waals surface area contributed by atoms with Crippen LogP contribution < -0.4 is 0 Å². The standard InChI is InChI=1S/2C7H5NO4.Zn/c2*9-6(10)4-2-1-3-5(8-4)7(11)12;/h2*1-3H,(H,9,10)(H,11,12);. The van der Waals surface area contributed by atoms with Crippen LogP contribution >= 0.6 is 0 Å². The molecule has 0 bridgehead atoms. The number of pyridine rings is 2. The van der Waals surface area contributed by atoms with E-state index in [9.17, 15) is 19.2 Å². The van der Waals surface area contributed by atoms with Gasteiger partial charge in [0.05, 0.1) is 0 Å². The summed E-state index contributed by atoms with van der Waals surface area (Å²) in [6.07, 6.45) is 0. The first-order valence-corrected chi connectivity index (χ1v) is 6.09. The topological polar surface area (TPSA) is 175 Å². The molecule has 0 fully saturated rings. The molecule has 0 aliphatic carbocycles. The molecule has 0 aliphatic heterocycles. The van der Waals surface area contributed by atoms with Crippen LogP contribution in [0.25, 0.3) is 0 Å². The van der Waals surface area contributed by atoms with Crippen molar-refractivity contribution in [2.75, 3.05) is 0 Å². The van der Waals surface area contributed by atoms with Crippen LogP contribution in [0.5, 0.6) is 0 Å². The van der Waals surface area contributed by atoms with Crippen molar-refractivity contribution in [3.05, 3.63) is 59.2 Å². The largest absolute Gasteiger partial charge is 0.477 e. The van der Waals surface area contributed by atoms with Gasteiger partial charge in [0.1, 0.15) is 22.8 Å². The Balaban J connectivity index is 0.000000443. The molecule has 2 heterocycles. The molecule has 0 aliphatic rings. The fourth-order valence-corrected chi connectivity index (χ4v) is 1.35. The summed E-state index contributed by atoms with van der Waals surface area (Å²) in [5.74, 6) is -4.95. The molecule has 0 saturated heterocycles. The van der Waals surface area contributed by atoms with Gasteiger partial charge >= 0.3 is 23.9 Å². The van der Waals surface area contributed by atoms with Crippen LogP contribution in [0.2, 0.25) is 0 Å². The predicted octanol–water partition coefficient (Wildman–Crippen LogP) is 0.954. The van der Waals surface area contributed by atoms with Gasteiger partial charge < -0.3 is 20.4 Å². The van der Waals surface area contributed by atoms with Gasteiger partial charge in [0.25, 0.3) is 0 Å². The van der Waals surface area contributed by atoms with Crippen molar-refractivity contribution in [1.82, 2.24) is 9.97 Å². The van der Waals surface area contributed by atoms with Gasteiger partial charge in [0.2, 0.25) is 0 Å². The minimum atomic E-state index is -1.24. The fourth-order valence-electron chi connectivity index (χ4n) is 1.35. The van der Waals surface area contributed by atoms with Crippen LogP contribution in [0.1, 0.15) is 42.0 Å². The Bertz CT molecular complexity index is 683. The molecule has 0 amide bonds. The van der Waals surface area contributed by atoms with E-state index < -0.39 is 23.9 Å². The molecule has 0 radical (unpaired) electrons. The second-order valence-electron chi connectivity index (χ2n) is 4.04. The Kier molecular flexibility index (Phi) is 8.58. The van der Waals surface area contributed by atoms with E-state index in [0.29, 0.717) is 0 Å². The van der Waals surface area contributed by atoms with Crippen molar-refractivity contribution in [2.24, 2.45) is 0 Å². The Morgan fingerprint density at radius 2 is 0.760 bits per heavy atom. The summed E-state index contributed by atoms with van der Waals surface area (Å²) in [6, 6.07) is 7.59. The van der Waals surface area contributed by atoms with Crippen molar-refractivity contribution in [3.8, 4) is 0 Å². The van der Waals surface area contributed by atoms with Crippen LogP contribution in [0.15, 0.2) is 36.4 Å². The summed E-state index contributed by atoms with van der Waals surface area (Å²) in [5, 5.41) is 33.7. The van der Waals surface area contributed by atoms with Gasteiger partial charge in [0.15, 0.2) is 0 Å². The van der Waals surface area contributed by atoms with Gasteiger partial charge in [-0.3, -0.25) is 0 Å². The molecule has 0 spiro atoms. The zero-order chi connectivity index (χ0) is 18.3. The van der Waals surface area contributed by atoms with Crippen LogP contribution in [0, 0.1) is 0 Å². The molecule has 4 N–H and O–H groups in total. The second-order valence-corrected chi connectivity index (χ2v) is 4.04. The summed E-state index contributed by atoms with van der Waals surface area (Å²) in [7, 11) is 0. The van der Waals surface area contributed by atoms with Gasteiger partial charge in [-0.2, -0.15) is 0 Å². The van der Waals surface area contributed by atoms with E-state index >= 15 is 0 Å². The third kappa shape index (κ3) is 6.84. The molecule has 0 unspecified atom stereocenters.